The molecule has 0 saturated carbocycles. The van der Waals surface area contributed by atoms with Gasteiger partial charge in [-0.25, -0.2) is 4.98 Å². The number of anilines is 1. The first kappa shape index (κ1) is 9.26. The zero-order valence-corrected chi connectivity index (χ0v) is 7.99. The lowest BCUT2D eigenvalue weighted by molar-refractivity contribution is 0.840. The van der Waals surface area contributed by atoms with Crippen molar-refractivity contribution in [1.82, 2.24) is 9.97 Å². The van der Waals surface area contributed by atoms with Crippen LogP contribution in [0, 0.1) is 0 Å². The van der Waals surface area contributed by atoms with Crippen molar-refractivity contribution >= 4 is 17.4 Å². The van der Waals surface area contributed by atoms with Crippen molar-refractivity contribution in [3.63, 3.8) is 0 Å². The van der Waals surface area contributed by atoms with Crippen LogP contribution in [0.2, 0.25) is 0 Å². The second kappa shape index (κ2) is 4.26. The second-order valence-electron chi connectivity index (χ2n) is 2.72. The fourth-order valence-corrected chi connectivity index (χ4v) is 1.17. The van der Waals surface area contributed by atoms with Crippen molar-refractivity contribution in [2.24, 2.45) is 0 Å². The van der Waals surface area contributed by atoms with E-state index in [1.807, 2.05) is 18.9 Å². The van der Waals surface area contributed by atoms with Crippen LogP contribution in [0.4, 0.5) is 5.82 Å². The standard InChI is InChI=1S/C8H12ClN3/c1-7(9)6-12(2)8-5-10-3-4-11-8/h3-5,7H,6H2,1-2H3. The Morgan fingerprint density at radius 2 is 2.33 bits per heavy atom. The van der Waals surface area contributed by atoms with E-state index >= 15 is 0 Å². The maximum absolute atomic E-state index is 5.83. The smallest absolute Gasteiger partial charge is 0.146 e. The Morgan fingerprint density at radius 1 is 1.58 bits per heavy atom. The number of nitrogens with zero attached hydrogens (tertiary/aromatic N) is 3. The van der Waals surface area contributed by atoms with Crippen molar-refractivity contribution in [2.75, 3.05) is 18.5 Å². The van der Waals surface area contributed by atoms with Gasteiger partial charge in [0.2, 0.25) is 0 Å². The lowest BCUT2D eigenvalue weighted by Crippen LogP contribution is -2.24. The van der Waals surface area contributed by atoms with Gasteiger partial charge in [-0.05, 0) is 6.92 Å². The molecule has 1 unspecified atom stereocenters. The van der Waals surface area contributed by atoms with Crippen molar-refractivity contribution < 1.29 is 0 Å². The Morgan fingerprint density at radius 3 is 2.83 bits per heavy atom. The molecule has 0 saturated heterocycles. The number of hydrogen-bond donors (Lipinski definition) is 0. The molecule has 0 N–H and O–H groups in total. The van der Waals surface area contributed by atoms with Crippen molar-refractivity contribution in [2.45, 2.75) is 12.3 Å². The molecule has 0 fully saturated rings. The summed E-state index contributed by atoms with van der Waals surface area (Å²) < 4.78 is 0. The van der Waals surface area contributed by atoms with Gasteiger partial charge in [0.25, 0.3) is 0 Å². The van der Waals surface area contributed by atoms with Crippen LogP contribution in [0.3, 0.4) is 0 Å². The maximum atomic E-state index is 5.83. The maximum Gasteiger partial charge on any atom is 0.146 e. The highest BCUT2D eigenvalue weighted by Gasteiger charge is 2.04. The summed E-state index contributed by atoms with van der Waals surface area (Å²) in [5.41, 5.74) is 0. The molecular formula is C8H12ClN3. The third kappa shape index (κ3) is 2.66. The summed E-state index contributed by atoms with van der Waals surface area (Å²) >= 11 is 5.83. The molecule has 3 nitrogen and oxygen atoms in total. The molecule has 4 heteroatoms. The van der Waals surface area contributed by atoms with Crippen LogP contribution in [0.15, 0.2) is 18.6 Å². The van der Waals surface area contributed by atoms with E-state index in [9.17, 15) is 0 Å². The molecule has 0 aromatic carbocycles. The molecule has 1 aromatic heterocycles. The number of aromatic nitrogens is 2. The van der Waals surface area contributed by atoms with E-state index in [-0.39, 0.29) is 5.38 Å². The Kier molecular flexibility index (Phi) is 3.29. The van der Waals surface area contributed by atoms with Crippen LogP contribution in [0.25, 0.3) is 0 Å². The third-order valence-electron chi connectivity index (χ3n) is 1.47. The minimum absolute atomic E-state index is 0.122. The van der Waals surface area contributed by atoms with Gasteiger partial charge < -0.3 is 4.90 Å². The molecule has 0 amide bonds. The fourth-order valence-electron chi connectivity index (χ4n) is 0.959. The van der Waals surface area contributed by atoms with Crippen LogP contribution in [0.1, 0.15) is 6.92 Å². The minimum atomic E-state index is 0.122. The lowest BCUT2D eigenvalue weighted by Gasteiger charge is -2.18. The summed E-state index contributed by atoms with van der Waals surface area (Å²) in [4.78, 5) is 10.1. The Hall–Kier alpha value is -0.830. The van der Waals surface area contributed by atoms with Crippen molar-refractivity contribution in [1.29, 1.82) is 0 Å². The summed E-state index contributed by atoms with van der Waals surface area (Å²) in [5, 5.41) is 0.122. The molecule has 0 radical (unpaired) electrons. The van der Waals surface area contributed by atoms with Gasteiger partial charge in [-0.3, -0.25) is 4.98 Å². The SMILES string of the molecule is CC(Cl)CN(C)c1cnccn1. The van der Waals surface area contributed by atoms with E-state index in [0.29, 0.717) is 0 Å². The van der Waals surface area contributed by atoms with Crippen LogP contribution >= 0.6 is 11.6 Å². The zero-order valence-electron chi connectivity index (χ0n) is 7.24. The highest BCUT2D eigenvalue weighted by molar-refractivity contribution is 6.20. The number of halogens is 1. The van der Waals surface area contributed by atoms with Gasteiger partial charge in [-0.15, -0.1) is 11.6 Å². The normalized spacial score (nSPS) is 12.6. The molecule has 0 aliphatic heterocycles. The number of hydrogen-bond acceptors (Lipinski definition) is 3. The first-order valence-electron chi connectivity index (χ1n) is 3.81. The molecule has 66 valence electrons. The summed E-state index contributed by atoms with van der Waals surface area (Å²) in [6, 6.07) is 0. The molecule has 0 bridgehead atoms. The first-order valence-corrected chi connectivity index (χ1v) is 4.25. The van der Waals surface area contributed by atoms with E-state index in [2.05, 4.69) is 9.97 Å². The molecular weight excluding hydrogens is 174 g/mol. The molecule has 0 spiro atoms. The van der Waals surface area contributed by atoms with Gasteiger partial charge in [0.1, 0.15) is 5.82 Å². The lowest BCUT2D eigenvalue weighted by atomic mass is 10.4. The monoisotopic (exact) mass is 185 g/mol. The van der Waals surface area contributed by atoms with E-state index in [0.717, 1.165) is 12.4 Å². The largest absolute Gasteiger partial charge is 0.357 e. The van der Waals surface area contributed by atoms with E-state index in [1.54, 1.807) is 18.6 Å². The van der Waals surface area contributed by atoms with Gasteiger partial charge in [0, 0.05) is 31.4 Å². The summed E-state index contributed by atoms with van der Waals surface area (Å²) in [5.74, 6) is 0.852. The molecule has 1 heterocycles. The van der Waals surface area contributed by atoms with Crippen LogP contribution in [-0.2, 0) is 0 Å². The first-order chi connectivity index (χ1) is 5.70. The average Bonchev–Trinajstić information content (AvgIpc) is 2.05. The molecule has 0 aliphatic rings. The van der Waals surface area contributed by atoms with E-state index < -0.39 is 0 Å². The number of rotatable bonds is 3. The van der Waals surface area contributed by atoms with Gasteiger partial charge in [0.05, 0.1) is 6.20 Å². The topological polar surface area (TPSA) is 29.0 Å². The van der Waals surface area contributed by atoms with Crippen LogP contribution in [-0.4, -0.2) is 28.9 Å². The summed E-state index contributed by atoms with van der Waals surface area (Å²) in [6.45, 7) is 2.73. The van der Waals surface area contributed by atoms with Gasteiger partial charge in [-0.2, -0.15) is 0 Å². The zero-order chi connectivity index (χ0) is 8.97. The summed E-state index contributed by atoms with van der Waals surface area (Å²) in [6.07, 6.45) is 5.05. The predicted molar refractivity (Wildman–Crippen MR) is 50.6 cm³/mol. The number of alkyl halides is 1. The van der Waals surface area contributed by atoms with Gasteiger partial charge >= 0.3 is 0 Å². The Balaban J connectivity index is 2.59. The average molecular weight is 186 g/mol. The molecule has 1 rings (SSSR count). The van der Waals surface area contributed by atoms with Gasteiger partial charge in [0.15, 0.2) is 0 Å². The molecule has 1 atom stereocenters. The fraction of sp³-hybridized carbons (Fsp3) is 0.500. The molecule has 12 heavy (non-hydrogen) atoms. The summed E-state index contributed by atoms with van der Waals surface area (Å²) in [7, 11) is 1.95. The molecule has 1 aromatic rings. The van der Waals surface area contributed by atoms with Crippen molar-refractivity contribution in [3.05, 3.63) is 18.6 Å². The van der Waals surface area contributed by atoms with Crippen LogP contribution < -0.4 is 4.90 Å². The highest BCUT2D eigenvalue weighted by Crippen LogP contribution is 2.06. The van der Waals surface area contributed by atoms with E-state index in [4.69, 9.17) is 11.6 Å². The third-order valence-corrected chi connectivity index (χ3v) is 1.60. The Bertz CT molecular complexity index is 225. The van der Waals surface area contributed by atoms with E-state index in [1.165, 1.54) is 0 Å². The van der Waals surface area contributed by atoms with Crippen molar-refractivity contribution in [3.8, 4) is 0 Å². The quantitative estimate of drug-likeness (QED) is 0.669. The van der Waals surface area contributed by atoms with Crippen LogP contribution in [0.5, 0.6) is 0 Å². The minimum Gasteiger partial charge on any atom is -0.357 e. The Labute approximate surface area is 77.4 Å². The predicted octanol–water partition coefficient (Wildman–Crippen LogP) is 1.54. The second-order valence-corrected chi connectivity index (χ2v) is 3.47. The van der Waals surface area contributed by atoms with Gasteiger partial charge in [-0.1, -0.05) is 0 Å². The highest BCUT2D eigenvalue weighted by atomic mass is 35.5. The molecule has 0 aliphatic carbocycles.